The maximum Gasteiger partial charge on any atom is 0.269 e. The van der Waals surface area contributed by atoms with Gasteiger partial charge in [-0.1, -0.05) is 12.1 Å². The Kier molecular flexibility index (Phi) is 3.81. The van der Waals surface area contributed by atoms with Gasteiger partial charge in [0.15, 0.2) is 0 Å². The van der Waals surface area contributed by atoms with Gasteiger partial charge in [-0.25, -0.2) is 4.98 Å². The van der Waals surface area contributed by atoms with Gasteiger partial charge in [-0.05, 0) is 5.56 Å². The highest BCUT2D eigenvalue weighted by molar-refractivity contribution is 5.83. The van der Waals surface area contributed by atoms with E-state index in [-0.39, 0.29) is 5.69 Å². The Morgan fingerprint density at radius 2 is 2.19 bits per heavy atom. The number of aromatic nitrogens is 5. The molecule has 3 heterocycles. The number of benzene rings is 1. The van der Waals surface area contributed by atoms with Gasteiger partial charge >= 0.3 is 0 Å². The summed E-state index contributed by atoms with van der Waals surface area (Å²) in [6.45, 7) is 0. The molecule has 26 heavy (non-hydrogen) atoms. The van der Waals surface area contributed by atoms with Gasteiger partial charge in [-0.15, -0.1) is 0 Å². The molecule has 0 atom stereocenters. The van der Waals surface area contributed by atoms with Crippen molar-refractivity contribution in [3.8, 4) is 0 Å². The minimum atomic E-state index is -0.398. The Morgan fingerprint density at radius 3 is 2.96 bits per heavy atom. The first-order chi connectivity index (χ1) is 12.6. The molecule has 0 saturated carbocycles. The highest BCUT2D eigenvalue weighted by atomic mass is 16.6. The van der Waals surface area contributed by atoms with Crippen molar-refractivity contribution >= 4 is 28.1 Å². The van der Waals surface area contributed by atoms with Gasteiger partial charge in [0.1, 0.15) is 5.82 Å². The van der Waals surface area contributed by atoms with Gasteiger partial charge in [0.25, 0.3) is 5.69 Å². The van der Waals surface area contributed by atoms with Crippen LogP contribution in [0.3, 0.4) is 0 Å². The normalized spacial score (nSPS) is 11.0. The largest absolute Gasteiger partial charge is 0.338 e. The molecule has 0 aliphatic rings. The molecule has 0 spiro atoms. The highest BCUT2D eigenvalue weighted by Gasteiger charge is 2.12. The number of aromatic amines is 1. The average molecular weight is 349 g/mol. The molecule has 4 rings (SSSR count). The van der Waals surface area contributed by atoms with Crippen LogP contribution < -0.4 is 5.32 Å². The lowest BCUT2D eigenvalue weighted by Gasteiger charge is -2.08. The SMILES string of the molecule is Cn1cc(Nc2cc3[nH]ncc3c(Cc3cccc([N+](=O)[O-])c3)n2)cn1. The predicted octanol–water partition coefficient (Wildman–Crippen LogP) is 2.93. The van der Waals surface area contributed by atoms with Gasteiger partial charge in [-0.2, -0.15) is 10.2 Å². The minimum absolute atomic E-state index is 0.0653. The predicted molar refractivity (Wildman–Crippen MR) is 96.3 cm³/mol. The molecule has 3 aromatic heterocycles. The fourth-order valence-corrected chi connectivity index (χ4v) is 2.82. The van der Waals surface area contributed by atoms with Gasteiger partial charge in [0, 0.05) is 43.3 Å². The van der Waals surface area contributed by atoms with E-state index in [0.717, 1.165) is 27.8 Å². The fourth-order valence-electron chi connectivity index (χ4n) is 2.82. The lowest BCUT2D eigenvalue weighted by molar-refractivity contribution is -0.384. The monoisotopic (exact) mass is 349 g/mol. The van der Waals surface area contributed by atoms with Crippen molar-refractivity contribution in [1.29, 1.82) is 0 Å². The van der Waals surface area contributed by atoms with E-state index in [1.807, 2.05) is 25.4 Å². The minimum Gasteiger partial charge on any atom is -0.338 e. The summed E-state index contributed by atoms with van der Waals surface area (Å²) in [6.07, 6.45) is 5.72. The van der Waals surface area contributed by atoms with E-state index < -0.39 is 4.92 Å². The Labute approximate surface area is 147 Å². The highest BCUT2D eigenvalue weighted by Crippen LogP contribution is 2.24. The van der Waals surface area contributed by atoms with E-state index in [1.165, 1.54) is 6.07 Å². The molecule has 9 nitrogen and oxygen atoms in total. The Bertz CT molecular complexity index is 1100. The van der Waals surface area contributed by atoms with Crippen LogP contribution in [-0.2, 0) is 13.5 Å². The Balaban J connectivity index is 1.70. The molecule has 0 saturated heterocycles. The van der Waals surface area contributed by atoms with Gasteiger partial charge in [0.05, 0.1) is 34.2 Å². The molecule has 0 aliphatic carbocycles. The summed E-state index contributed by atoms with van der Waals surface area (Å²) < 4.78 is 1.70. The number of hydrogen-bond donors (Lipinski definition) is 2. The Morgan fingerprint density at radius 1 is 1.31 bits per heavy atom. The van der Waals surface area contributed by atoms with Crippen LogP contribution in [-0.4, -0.2) is 29.9 Å². The number of pyridine rings is 1. The molecule has 0 aliphatic heterocycles. The van der Waals surface area contributed by atoms with Crippen LogP contribution in [0.1, 0.15) is 11.3 Å². The number of aryl methyl sites for hydroxylation is 1. The molecule has 2 N–H and O–H groups in total. The number of anilines is 2. The van der Waals surface area contributed by atoms with Crippen molar-refractivity contribution < 1.29 is 4.92 Å². The molecule has 0 unspecified atom stereocenters. The molecule has 9 heteroatoms. The van der Waals surface area contributed by atoms with Crippen LogP contribution in [0.4, 0.5) is 17.2 Å². The number of non-ortho nitro benzene ring substituents is 1. The first-order valence-electron chi connectivity index (χ1n) is 7.90. The van der Waals surface area contributed by atoms with Gasteiger partial charge in [0.2, 0.25) is 0 Å². The number of nitro groups is 1. The summed E-state index contributed by atoms with van der Waals surface area (Å²) in [5.74, 6) is 0.648. The van der Waals surface area contributed by atoms with E-state index in [9.17, 15) is 10.1 Å². The standard InChI is InChI=1S/C17H15N7O2/c1-23-10-12(8-19-23)20-17-7-16-14(9-18-22-16)15(21-17)6-11-3-2-4-13(5-11)24(25)26/h2-5,7-10H,6H2,1H3,(H,18,22)(H,20,21). The van der Waals surface area contributed by atoms with Crippen LogP contribution in [0, 0.1) is 10.1 Å². The third-order valence-electron chi connectivity index (χ3n) is 3.99. The average Bonchev–Trinajstić information content (AvgIpc) is 3.24. The number of fused-ring (bicyclic) bond motifs is 1. The molecular formula is C17H15N7O2. The van der Waals surface area contributed by atoms with E-state index in [0.29, 0.717) is 12.2 Å². The molecule has 1 aromatic carbocycles. The number of H-pyrrole nitrogens is 1. The first-order valence-corrected chi connectivity index (χ1v) is 7.90. The first kappa shape index (κ1) is 15.8. The van der Waals surface area contributed by atoms with Crippen LogP contribution >= 0.6 is 0 Å². The van der Waals surface area contributed by atoms with Gasteiger partial charge < -0.3 is 5.32 Å². The number of nitro benzene ring substituents is 1. The molecule has 0 amide bonds. The summed E-state index contributed by atoms with van der Waals surface area (Å²) in [5.41, 5.74) is 3.32. The summed E-state index contributed by atoms with van der Waals surface area (Å²) in [7, 11) is 1.84. The molecule has 0 radical (unpaired) electrons. The lowest BCUT2D eigenvalue weighted by atomic mass is 10.1. The zero-order valence-electron chi connectivity index (χ0n) is 13.9. The van der Waals surface area contributed by atoms with Crippen molar-refractivity contribution in [3.63, 3.8) is 0 Å². The van der Waals surface area contributed by atoms with Crippen molar-refractivity contribution in [2.45, 2.75) is 6.42 Å². The van der Waals surface area contributed by atoms with Crippen molar-refractivity contribution in [3.05, 3.63) is 70.3 Å². The molecule has 0 bridgehead atoms. The van der Waals surface area contributed by atoms with E-state index in [4.69, 9.17) is 0 Å². The van der Waals surface area contributed by atoms with Crippen molar-refractivity contribution in [2.24, 2.45) is 7.05 Å². The number of nitrogens with one attached hydrogen (secondary N) is 2. The maximum absolute atomic E-state index is 11.0. The second-order valence-electron chi connectivity index (χ2n) is 5.92. The number of rotatable bonds is 5. The third kappa shape index (κ3) is 3.09. The summed E-state index contributed by atoms with van der Waals surface area (Å²) >= 11 is 0. The molecular weight excluding hydrogens is 334 g/mol. The second-order valence-corrected chi connectivity index (χ2v) is 5.92. The van der Waals surface area contributed by atoms with E-state index in [1.54, 1.807) is 29.2 Å². The number of hydrogen-bond acceptors (Lipinski definition) is 6. The van der Waals surface area contributed by atoms with E-state index in [2.05, 4.69) is 25.6 Å². The summed E-state index contributed by atoms with van der Waals surface area (Å²) in [6, 6.07) is 8.44. The van der Waals surface area contributed by atoms with Crippen molar-refractivity contribution in [2.75, 3.05) is 5.32 Å². The molecule has 130 valence electrons. The smallest absolute Gasteiger partial charge is 0.269 e. The van der Waals surface area contributed by atoms with Crippen LogP contribution in [0.5, 0.6) is 0 Å². The zero-order valence-corrected chi connectivity index (χ0v) is 13.9. The van der Waals surface area contributed by atoms with Crippen LogP contribution in [0.2, 0.25) is 0 Å². The second kappa shape index (κ2) is 6.28. The van der Waals surface area contributed by atoms with Crippen LogP contribution in [0.15, 0.2) is 48.9 Å². The van der Waals surface area contributed by atoms with Crippen molar-refractivity contribution in [1.82, 2.24) is 25.0 Å². The summed E-state index contributed by atoms with van der Waals surface area (Å²) in [5, 5.41) is 26.2. The molecule has 4 aromatic rings. The maximum atomic E-state index is 11.0. The topological polar surface area (TPSA) is 115 Å². The molecule has 0 fully saturated rings. The lowest BCUT2D eigenvalue weighted by Crippen LogP contribution is -1.99. The zero-order chi connectivity index (χ0) is 18.1. The number of nitrogens with zero attached hydrogens (tertiary/aromatic N) is 5. The quantitative estimate of drug-likeness (QED) is 0.423. The van der Waals surface area contributed by atoms with Gasteiger partial charge in [-0.3, -0.25) is 19.9 Å². The third-order valence-corrected chi connectivity index (χ3v) is 3.99. The Hall–Kier alpha value is -3.75. The summed E-state index contributed by atoms with van der Waals surface area (Å²) in [4.78, 5) is 15.3. The van der Waals surface area contributed by atoms with E-state index >= 15 is 0 Å². The fraction of sp³-hybridized carbons (Fsp3) is 0.118. The van der Waals surface area contributed by atoms with Crippen LogP contribution in [0.25, 0.3) is 10.9 Å².